The van der Waals surface area contributed by atoms with Crippen molar-refractivity contribution in [3.8, 4) is 11.5 Å². The van der Waals surface area contributed by atoms with E-state index in [2.05, 4.69) is 16.6 Å². The van der Waals surface area contributed by atoms with E-state index < -0.39 is 11.5 Å². The quantitative estimate of drug-likeness (QED) is 0.490. The molecule has 1 N–H and O–H groups in total. The summed E-state index contributed by atoms with van der Waals surface area (Å²) in [5.41, 5.74) is 2.46. The van der Waals surface area contributed by atoms with Gasteiger partial charge in [0.1, 0.15) is 11.5 Å². The van der Waals surface area contributed by atoms with Gasteiger partial charge in [0, 0.05) is 17.7 Å². The van der Waals surface area contributed by atoms with Crippen LogP contribution in [-0.4, -0.2) is 19.0 Å². The van der Waals surface area contributed by atoms with Crippen LogP contribution in [0.1, 0.15) is 49.3 Å². The number of hydrogen-bond donors (Lipinski definition) is 1. The van der Waals surface area contributed by atoms with Gasteiger partial charge in [-0.1, -0.05) is 49.2 Å². The maximum Gasteiger partial charge on any atom is 0.411 e. The predicted octanol–water partition coefficient (Wildman–Crippen LogP) is 6.82. The van der Waals surface area contributed by atoms with E-state index >= 15 is 0 Å². The van der Waals surface area contributed by atoms with Crippen molar-refractivity contribution < 1.29 is 19.1 Å². The minimum Gasteiger partial charge on any atom is -0.454 e. The number of nitrogens with one attached hydrogen (secondary N) is 1. The molecule has 0 bridgehead atoms. The van der Waals surface area contributed by atoms with Crippen molar-refractivity contribution in [2.45, 2.75) is 44.9 Å². The summed E-state index contributed by atoms with van der Waals surface area (Å²) in [7, 11) is 1.26. The number of alkyl carbamates (subject to hydrolysis) is 1. The third-order valence-corrected chi connectivity index (χ3v) is 6.35. The molecule has 0 unspecified atom stereocenters. The van der Waals surface area contributed by atoms with E-state index in [0.717, 1.165) is 30.4 Å². The van der Waals surface area contributed by atoms with E-state index in [4.69, 9.17) is 27.9 Å². The molecule has 164 valence electrons. The lowest BCUT2D eigenvalue weighted by molar-refractivity contribution is -0.127. The van der Waals surface area contributed by atoms with Gasteiger partial charge in [-0.05, 0) is 55.2 Å². The number of ether oxygens (including phenoxy) is 2. The van der Waals surface area contributed by atoms with E-state index in [1.165, 1.54) is 7.11 Å². The van der Waals surface area contributed by atoms with Crippen LogP contribution in [0.5, 0.6) is 11.5 Å². The van der Waals surface area contributed by atoms with Crippen LogP contribution in [0.2, 0.25) is 10.0 Å². The van der Waals surface area contributed by atoms with Gasteiger partial charge < -0.3 is 9.47 Å². The standard InChI is InChI=1S/C24H25Cl2NO4/c1-5-21(28)24(9-6-10-24)18-13-17(8-7-14(18)2)31-22-19(25)11-16(12-20(22)26)15(3)27-23(29)30-4/h7-8,11-13H,3,5-6,9-10H2,1-2,4H3,(H,27,29). The highest BCUT2D eigenvalue weighted by Crippen LogP contribution is 2.48. The number of Topliss-reactive ketones (excluding diaryl/α,β-unsaturated/α-hetero) is 1. The molecular formula is C24H25Cl2NO4. The number of ketones is 1. The lowest BCUT2D eigenvalue weighted by Gasteiger charge is -2.42. The second-order valence-electron chi connectivity index (χ2n) is 7.66. The van der Waals surface area contributed by atoms with Gasteiger partial charge in [0.2, 0.25) is 0 Å². The normalized spacial score (nSPS) is 14.4. The van der Waals surface area contributed by atoms with Crippen molar-refractivity contribution in [2.24, 2.45) is 0 Å². The van der Waals surface area contributed by atoms with Gasteiger partial charge in [-0.3, -0.25) is 10.1 Å². The Morgan fingerprint density at radius 1 is 1.16 bits per heavy atom. The first-order valence-electron chi connectivity index (χ1n) is 10.1. The number of amides is 1. The molecule has 5 nitrogen and oxygen atoms in total. The number of carbonyl (C=O) groups excluding carboxylic acids is 2. The first-order valence-corrected chi connectivity index (χ1v) is 10.8. The fourth-order valence-electron chi connectivity index (χ4n) is 3.94. The fourth-order valence-corrected chi connectivity index (χ4v) is 4.51. The molecule has 0 aromatic heterocycles. The van der Waals surface area contributed by atoms with Crippen LogP contribution in [0.15, 0.2) is 36.9 Å². The van der Waals surface area contributed by atoms with E-state index in [9.17, 15) is 9.59 Å². The molecule has 1 fully saturated rings. The molecule has 7 heteroatoms. The van der Waals surface area contributed by atoms with Crippen LogP contribution in [0.25, 0.3) is 5.70 Å². The zero-order valence-corrected chi connectivity index (χ0v) is 19.3. The Bertz CT molecular complexity index is 1020. The summed E-state index contributed by atoms with van der Waals surface area (Å²) in [6.45, 7) is 7.71. The topological polar surface area (TPSA) is 64.6 Å². The maximum absolute atomic E-state index is 12.7. The largest absolute Gasteiger partial charge is 0.454 e. The fraction of sp³-hybridized carbons (Fsp3) is 0.333. The first-order chi connectivity index (χ1) is 14.7. The van der Waals surface area contributed by atoms with Crippen molar-refractivity contribution in [3.05, 3.63) is 63.6 Å². The summed E-state index contributed by atoms with van der Waals surface area (Å²) in [6.07, 6.45) is 2.62. The third kappa shape index (κ3) is 4.58. The van der Waals surface area contributed by atoms with Crippen molar-refractivity contribution in [1.29, 1.82) is 0 Å². The number of hydrogen-bond acceptors (Lipinski definition) is 4. The van der Waals surface area contributed by atoms with Gasteiger partial charge in [-0.15, -0.1) is 0 Å². The van der Waals surface area contributed by atoms with Crippen LogP contribution in [0, 0.1) is 6.92 Å². The summed E-state index contributed by atoms with van der Waals surface area (Å²) in [6, 6.07) is 8.90. The van der Waals surface area contributed by atoms with Crippen molar-refractivity contribution >= 4 is 40.8 Å². The highest BCUT2D eigenvalue weighted by Gasteiger charge is 2.45. The van der Waals surface area contributed by atoms with Crippen LogP contribution in [0.4, 0.5) is 4.79 Å². The Labute approximate surface area is 192 Å². The number of benzene rings is 2. The van der Waals surface area contributed by atoms with Crippen molar-refractivity contribution in [2.75, 3.05) is 7.11 Å². The van der Waals surface area contributed by atoms with Crippen LogP contribution >= 0.6 is 23.2 Å². The lowest BCUT2D eigenvalue weighted by Crippen LogP contribution is -2.42. The summed E-state index contributed by atoms with van der Waals surface area (Å²) < 4.78 is 10.6. The lowest BCUT2D eigenvalue weighted by atomic mass is 9.60. The van der Waals surface area contributed by atoms with Crippen LogP contribution in [-0.2, 0) is 14.9 Å². The highest BCUT2D eigenvalue weighted by molar-refractivity contribution is 6.37. The van der Waals surface area contributed by atoms with E-state index in [1.54, 1.807) is 12.1 Å². The molecule has 0 spiro atoms. The molecule has 2 aromatic rings. The predicted molar refractivity (Wildman–Crippen MR) is 123 cm³/mol. The zero-order chi connectivity index (χ0) is 22.8. The second kappa shape index (κ2) is 9.33. The maximum atomic E-state index is 12.7. The SMILES string of the molecule is C=C(NC(=O)OC)c1cc(Cl)c(Oc2ccc(C)c(C3(C(=O)CC)CCC3)c2)c(Cl)c1. The zero-order valence-electron chi connectivity index (χ0n) is 17.8. The highest BCUT2D eigenvalue weighted by atomic mass is 35.5. The van der Waals surface area contributed by atoms with E-state index in [0.29, 0.717) is 23.4 Å². The Kier molecular flexibility index (Phi) is 6.97. The number of rotatable bonds is 7. The van der Waals surface area contributed by atoms with Crippen molar-refractivity contribution in [1.82, 2.24) is 5.32 Å². The number of halogens is 2. The number of carbonyl (C=O) groups is 2. The number of aryl methyl sites for hydroxylation is 1. The monoisotopic (exact) mass is 461 g/mol. The number of methoxy groups -OCH3 is 1. The Hall–Kier alpha value is -2.50. The molecule has 0 radical (unpaired) electrons. The van der Waals surface area contributed by atoms with Gasteiger partial charge in [-0.2, -0.15) is 0 Å². The summed E-state index contributed by atoms with van der Waals surface area (Å²) in [5.74, 6) is 1.10. The summed E-state index contributed by atoms with van der Waals surface area (Å²) >= 11 is 12.8. The molecule has 0 saturated heterocycles. The Morgan fingerprint density at radius 3 is 2.32 bits per heavy atom. The molecule has 0 atom stereocenters. The summed E-state index contributed by atoms with van der Waals surface area (Å²) in [4.78, 5) is 24.1. The first kappa shape index (κ1) is 23.2. The van der Waals surface area contributed by atoms with E-state index in [1.807, 2.05) is 32.0 Å². The molecule has 31 heavy (non-hydrogen) atoms. The Balaban J connectivity index is 1.90. The molecule has 2 aromatic carbocycles. The van der Waals surface area contributed by atoms with Crippen LogP contribution in [0.3, 0.4) is 0 Å². The molecule has 1 saturated carbocycles. The van der Waals surface area contributed by atoms with E-state index in [-0.39, 0.29) is 21.6 Å². The van der Waals surface area contributed by atoms with Gasteiger partial charge in [0.25, 0.3) is 0 Å². The minimum absolute atomic E-state index is 0.260. The third-order valence-electron chi connectivity index (χ3n) is 5.79. The van der Waals surface area contributed by atoms with Crippen molar-refractivity contribution in [3.63, 3.8) is 0 Å². The second-order valence-corrected chi connectivity index (χ2v) is 8.47. The van der Waals surface area contributed by atoms with Gasteiger partial charge in [-0.25, -0.2) is 4.79 Å². The Morgan fingerprint density at radius 2 is 1.81 bits per heavy atom. The molecule has 0 aliphatic heterocycles. The molecule has 1 aliphatic rings. The van der Waals surface area contributed by atoms with Gasteiger partial charge in [0.15, 0.2) is 5.75 Å². The molecular weight excluding hydrogens is 437 g/mol. The molecule has 3 rings (SSSR count). The molecule has 0 heterocycles. The van der Waals surface area contributed by atoms with Crippen LogP contribution < -0.4 is 10.1 Å². The average molecular weight is 462 g/mol. The molecule has 1 amide bonds. The smallest absolute Gasteiger partial charge is 0.411 e. The molecule has 1 aliphatic carbocycles. The van der Waals surface area contributed by atoms with Gasteiger partial charge in [0.05, 0.1) is 22.6 Å². The minimum atomic E-state index is -0.642. The van der Waals surface area contributed by atoms with Gasteiger partial charge >= 0.3 is 6.09 Å². The summed E-state index contributed by atoms with van der Waals surface area (Å²) in [5, 5.41) is 3.01. The average Bonchev–Trinajstić information content (AvgIpc) is 2.71.